The van der Waals surface area contributed by atoms with Crippen LogP contribution in [-0.2, 0) is 4.74 Å². The second kappa shape index (κ2) is 9.99. The predicted molar refractivity (Wildman–Crippen MR) is 139 cm³/mol. The normalized spacial score (nSPS) is 15.1. The summed E-state index contributed by atoms with van der Waals surface area (Å²) in [4.78, 5) is 29.0. The fourth-order valence-corrected chi connectivity index (χ4v) is 4.64. The molecule has 0 spiro atoms. The minimum absolute atomic E-state index is 0.107. The van der Waals surface area contributed by atoms with Crippen molar-refractivity contribution in [2.45, 2.75) is 39.3 Å². The Morgan fingerprint density at radius 2 is 1.72 bits per heavy atom. The van der Waals surface area contributed by atoms with Gasteiger partial charge >= 0.3 is 0 Å². The molecule has 1 aromatic heterocycles. The molecule has 1 aliphatic rings. The number of fused-ring (bicyclic) bond motifs is 2. The van der Waals surface area contributed by atoms with Crippen LogP contribution in [0.3, 0.4) is 0 Å². The maximum Gasteiger partial charge on any atom is 0.290 e. The molecular weight excluding hydrogens is 454 g/mol. The highest BCUT2D eigenvalue weighted by atomic mass is 16.5. The molecule has 3 aromatic carbocycles. The zero-order chi connectivity index (χ0) is 25.2. The smallest absolute Gasteiger partial charge is 0.290 e. The number of amides is 1. The van der Waals surface area contributed by atoms with E-state index < -0.39 is 6.04 Å². The van der Waals surface area contributed by atoms with Gasteiger partial charge in [0.25, 0.3) is 5.91 Å². The Hall–Kier alpha value is -3.90. The molecule has 0 saturated carbocycles. The maximum atomic E-state index is 13.7. The fraction of sp³-hybridized carbons (Fsp3) is 0.267. The molecule has 4 aromatic rings. The van der Waals surface area contributed by atoms with Gasteiger partial charge in [-0.05, 0) is 69.2 Å². The van der Waals surface area contributed by atoms with Crippen molar-refractivity contribution >= 4 is 16.9 Å². The van der Waals surface area contributed by atoms with Gasteiger partial charge in [0.05, 0.1) is 23.1 Å². The molecule has 1 aliphatic heterocycles. The van der Waals surface area contributed by atoms with Crippen molar-refractivity contribution in [3.63, 3.8) is 0 Å². The average molecular weight is 484 g/mol. The quantitative estimate of drug-likeness (QED) is 0.277. The van der Waals surface area contributed by atoms with Gasteiger partial charge in [-0.25, -0.2) is 0 Å². The first-order valence-corrected chi connectivity index (χ1v) is 12.2. The lowest BCUT2D eigenvalue weighted by molar-refractivity contribution is 0.0593. The van der Waals surface area contributed by atoms with Crippen LogP contribution in [-0.4, -0.2) is 30.1 Å². The summed E-state index contributed by atoms with van der Waals surface area (Å²) in [7, 11) is 0. The molecule has 36 heavy (non-hydrogen) atoms. The number of hydrogen-bond donors (Lipinski definition) is 0. The third kappa shape index (κ3) is 4.64. The van der Waals surface area contributed by atoms with E-state index in [4.69, 9.17) is 13.9 Å². The lowest BCUT2D eigenvalue weighted by atomic mass is 9.98. The first-order valence-electron chi connectivity index (χ1n) is 12.2. The summed E-state index contributed by atoms with van der Waals surface area (Å²) in [6.07, 6.45) is 0.748. The number of para-hydroxylation sites is 1. The van der Waals surface area contributed by atoms with Crippen molar-refractivity contribution in [1.29, 1.82) is 0 Å². The molecule has 0 fully saturated rings. The molecule has 0 saturated heterocycles. The summed E-state index contributed by atoms with van der Waals surface area (Å²) < 4.78 is 17.8. The second-order valence-electron chi connectivity index (χ2n) is 9.34. The molecule has 5 rings (SSSR count). The Kier molecular flexibility index (Phi) is 6.61. The number of ether oxygens (including phenoxy) is 2. The van der Waals surface area contributed by atoms with E-state index in [-0.39, 0.29) is 23.2 Å². The fourth-order valence-electron chi connectivity index (χ4n) is 4.64. The Morgan fingerprint density at radius 1 is 0.944 bits per heavy atom. The van der Waals surface area contributed by atoms with Crippen LogP contribution in [0, 0.1) is 6.92 Å². The minimum atomic E-state index is -0.577. The number of aryl methyl sites for hydroxylation is 1. The van der Waals surface area contributed by atoms with E-state index in [0.29, 0.717) is 47.6 Å². The van der Waals surface area contributed by atoms with Gasteiger partial charge in [0.2, 0.25) is 5.76 Å². The first-order chi connectivity index (χ1) is 17.4. The molecule has 1 unspecified atom stereocenters. The molecule has 0 radical (unpaired) electrons. The molecule has 0 aliphatic carbocycles. The van der Waals surface area contributed by atoms with E-state index in [2.05, 4.69) is 0 Å². The lowest BCUT2D eigenvalue weighted by Gasteiger charge is -2.25. The van der Waals surface area contributed by atoms with Gasteiger partial charge in [-0.1, -0.05) is 42.0 Å². The molecule has 1 atom stereocenters. The Balaban J connectivity index is 1.58. The minimum Gasteiger partial charge on any atom is -0.457 e. The van der Waals surface area contributed by atoms with Gasteiger partial charge in [0.15, 0.2) is 5.43 Å². The van der Waals surface area contributed by atoms with E-state index >= 15 is 0 Å². The summed E-state index contributed by atoms with van der Waals surface area (Å²) in [5, 5.41) is 0.480. The molecular formula is C30H29NO5. The van der Waals surface area contributed by atoms with Crippen LogP contribution in [0.5, 0.6) is 11.5 Å². The van der Waals surface area contributed by atoms with Gasteiger partial charge in [-0.15, -0.1) is 0 Å². The molecule has 0 N–H and O–H groups in total. The van der Waals surface area contributed by atoms with Crippen molar-refractivity contribution in [1.82, 2.24) is 4.90 Å². The van der Waals surface area contributed by atoms with Crippen LogP contribution in [0.1, 0.15) is 53.6 Å². The standard InChI is InChI=1S/C30H29NO5/c1-19(2)34-16-8-15-31-27(21-9-7-12-23(18-21)35-22-10-5-4-6-11-22)26-28(32)24-17-20(3)13-14-25(24)36-29(26)30(31)33/h4-7,9-14,17-19,27H,8,15-16H2,1-3H3. The van der Waals surface area contributed by atoms with E-state index in [1.54, 1.807) is 11.0 Å². The van der Waals surface area contributed by atoms with Crippen molar-refractivity contribution in [2.75, 3.05) is 13.2 Å². The van der Waals surface area contributed by atoms with Crippen molar-refractivity contribution in [3.05, 3.63) is 105 Å². The van der Waals surface area contributed by atoms with Crippen LogP contribution < -0.4 is 10.2 Å². The summed E-state index contributed by atoms with van der Waals surface area (Å²) in [6.45, 7) is 6.84. The highest BCUT2D eigenvalue weighted by molar-refractivity contribution is 5.99. The highest BCUT2D eigenvalue weighted by Crippen LogP contribution is 2.39. The van der Waals surface area contributed by atoms with Gasteiger partial charge < -0.3 is 18.8 Å². The first kappa shape index (κ1) is 23.8. The lowest BCUT2D eigenvalue weighted by Crippen LogP contribution is -2.31. The number of hydrogen-bond acceptors (Lipinski definition) is 5. The number of nitrogens with zero attached hydrogens (tertiary/aromatic N) is 1. The molecule has 1 amide bonds. The summed E-state index contributed by atoms with van der Waals surface area (Å²) in [6, 6.07) is 21.9. The highest BCUT2D eigenvalue weighted by Gasteiger charge is 2.42. The van der Waals surface area contributed by atoms with Crippen LogP contribution in [0.4, 0.5) is 0 Å². The summed E-state index contributed by atoms with van der Waals surface area (Å²) in [5.41, 5.74) is 2.36. The van der Waals surface area contributed by atoms with Crippen molar-refractivity contribution < 1.29 is 18.7 Å². The maximum absolute atomic E-state index is 13.7. The van der Waals surface area contributed by atoms with Gasteiger partial charge in [-0.3, -0.25) is 9.59 Å². The van der Waals surface area contributed by atoms with Gasteiger partial charge in [0.1, 0.15) is 17.1 Å². The van der Waals surface area contributed by atoms with E-state index in [0.717, 1.165) is 11.1 Å². The Morgan fingerprint density at radius 3 is 2.50 bits per heavy atom. The summed E-state index contributed by atoms with van der Waals surface area (Å²) in [5.74, 6) is 1.17. The molecule has 184 valence electrons. The number of benzene rings is 3. The third-order valence-corrected chi connectivity index (χ3v) is 6.27. The largest absolute Gasteiger partial charge is 0.457 e. The zero-order valence-electron chi connectivity index (χ0n) is 20.7. The van der Waals surface area contributed by atoms with Crippen LogP contribution in [0.15, 0.2) is 82.0 Å². The molecule has 6 heteroatoms. The van der Waals surface area contributed by atoms with Crippen molar-refractivity contribution in [2.24, 2.45) is 0 Å². The van der Waals surface area contributed by atoms with E-state index in [9.17, 15) is 9.59 Å². The average Bonchev–Trinajstić information content (AvgIpc) is 3.15. The van der Waals surface area contributed by atoms with Crippen LogP contribution >= 0.6 is 0 Å². The predicted octanol–water partition coefficient (Wildman–Crippen LogP) is 6.25. The topological polar surface area (TPSA) is 69.0 Å². The van der Waals surface area contributed by atoms with Crippen LogP contribution in [0.25, 0.3) is 11.0 Å². The number of rotatable bonds is 8. The molecule has 0 bridgehead atoms. The van der Waals surface area contributed by atoms with Crippen molar-refractivity contribution in [3.8, 4) is 11.5 Å². The van der Waals surface area contributed by atoms with E-state index in [1.165, 1.54) is 0 Å². The molecule has 6 nitrogen and oxygen atoms in total. The second-order valence-corrected chi connectivity index (χ2v) is 9.34. The van der Waals surface area contributed by atoms with Crippen LogP contribution in [0.2, 0.25) is 0 Å². The summed E-state index contributed by atoms with van der Waals surface area (Å²) >= 11 is 0. The monoisotopic (exact) mass is 483 g/mol. The van der Waals surface area contributed by atoms with Gasteiger partial charge in [-0.2, -0.15) is 0 Å². The Labute approximate surface area is 210 Å². The SMILES string of the molecule is Cc1ccc2oc3c(c(=O)c2c1)C(c1cccc(Oc2ccccc2)c1)N(CCCOC(C)C)C3=O. The Bertz CT molecular complexity index is 1460. The molecule has 2 heterocycles. The van der Waals surface area contributed by atoms with Gasteiger partial charge in [0, 0.05) is 13.2 Å². The van der Waals surface area contributed by atoms with E-state index in [1.807, 2.05) is 87.5 Å². The number of carbonyl (C=O) groups is 1. The third-order valence-electron chi connectivity index (χ3n) is 6.27. The number of carbonyl (C=O) groups excluding carboxylic acids is 1. The zero-order valence-corrected chi connectivity index (χ0v) is 20.7.